The predicted octanol–water partition coefficient (Wildman–Crippen LogP) is 3.86. The number of rotatable bonds is 8. The fourth-order valence-electron chi connectivity index (χ4n) is 3.11. The highest BCUT2D eigenvalue weighted by Gasteiger charge is 2.34. The Bertz CT molecular complexity index is 946. The second-order valence-corrected chi connectivity index (χ2v) is 6.78. The molecule has 1 heterocycles. The third-order valence-corrected chi connectivity index (χ3v) is 4.68. The van der Waals surface area contributed by atoms with Crippen molar-refractivity contribution < 1.29 is 24.2 Å². The molecule has 0 saturated carbocycles. The van der Waals surface area contributed by atoms with Gasteiger partial charge in [-0.25, -0.2) is 0 Å². The van der Waals surface area contributed by atoms with Gasteiger partial charge in [-0.15, -0.1) is 0 Å². The first-order valence-electron chi connectivity index (χ1n) is 9.63. The Labute approximate surface area is 169 Å². The van der Waals surface area contributed by atoms with Crippen molar-refractivity contribution in [2.45, 2.75) is 26.2 Å². The highest BCUT2D eigenvalue weighted by molar-refractivity contribution is 6.33. The first-order chi connectivity index (χ1) is 14.0. The average molecular weight is 393 g/mol. The Kier molecular flexibility index (Phi) is 6.44. The Balaban J connectivity index is 1.91. The summed E-state index contributed by atoms with van der Waals surface area (Å²) >= 11 is 0. The molecule has 2 aromatic rings. The zero-order valence-corrected chi connectivity index (χ0v) is 16.3. The highest BCUT2D eigenvalue weighted by Crippen LogP contribution is 2.30. The van der Waals surface area contributed by atoms with Gasteiger partial charge in [-0.2, -0.15) is 0 Å². The summed E-state index contributed by atoms with van der Waals surface area (Å²) in [6, 6.07) is 14.3. The summed E-state index contributed by atoms with van der Waals surface area (Å²) in [6.45, 7) is 2.59. The number of carboxylic acids is 1. The third kappa shape index (κ3) is 4.71. The van der Waals surface area contributed by atoms with Gasteiger partial charge in [0, 0.05) is 17.7 Å². The monoisotopic (exact) mass is 393 g/mol. The number of carbonyl (C=O) groups excluding carboxylic acids is 2. The SMILES string of the molecule is CCCCOc1ccc(/C=C2\C(=O)N(CCC(=O)O)C(=O)c3ccccc32)cc1. The molecule has 0 spiro atoms. The van der Waals surface area contributed by atoms with Gasteiger partial charge in [-0.05, 0) is 41.8 Å². The molecule has 150 valence electrons. The fraction of sp³-hybridized carbons (Fsp3) is 0.261. The van der Waals surface area contributed by atoms with Crippen molar-refractivity contribution in [1.29, 1.82) is 0 Å². The standard InChI is InChI=1S/C23H23NO5/c1-2-3-14-29-17-10-8-16(9-11-17)15-20-18-6-4-5-7-19(18)22(27)24(23(20)28)13-12-21(25)26/h4-11,15H,2-3,12-14H2,1H3,(H,25,26)/b20-15-. The van der Waals surface area contributed by atoms with Gasteiger partial charge in [0.05, 0.1) is 13.0 Å². The van der Waals surface area contributed by atoms with Gasteiger partial charge in [0.2, 0.25) is 0 Å². The first kappa shape index (κ1) is 20.3. The van der Waals surface area contributed by atoms with Crippen LogP contribution in [0.2, 0.25) is 0 Å². The zero-order chi connectivity index (χ0) is 20.8. The largest absolute Gasteiger partial charge is 0.494 e. The number of unbranched alkanes of at least 4 members (excludes halogenated alkanes) is 1. The summed E-state index contributed by atoms with van der Waals surface area (Å²) in [4.78, 5) is 37.6. The molecule has 2 aromatic carbocycles. The van der Waals surface area contributed by atoms with Gasteiger partial charge in [0.15, 0.2) is 0 Å². The molecule has 6 heteroatoms. The van der Waals surface area contributed by atoms with Crippen LogP contribution >= 0.6 is 0 Å². The van der Waals surface area contributed by atoms with E-state index in [9.17, 15) is 14.4 Å². The number of hydrogen-bond acceptors (Lipinski definition) is 4. The van der Waals surface area contributed by atoms with Crippen LogP contribution < -0.4 is 4.74 Å². The molecule has 0 fully saturated rings. The number of amides is 2. The summed E-state index contributed by atoms with van der Waals surface area (Å²) in [5.41, 5.74) is 2.10. The van der Waals surface area contributed by atoms with Crippen LogP contribution in [0.1, 0.15) is 47.7 Å². The van der Waals surface area contributed by atoms with Crippen LogP contribution in [0.25, 0.3) is 11.6 Å². The van der Waals surface area contributed by atoms with E-state index in [1.807, 2.05) is 24.3 Å². The molecule has 6 nitrogen and oxygen atoms in total. The maximum atomic E-state index is 13.0. The number of fused-ring (bicyclic) bond motifs is 1. The number of nitrogens with zero attached hydrogens (tertiary/aromatic N) is 1. The lowest BCUT2D eigenvalue weighted by Crippen LogP contribution is -2.42. The molecule has 0 aliphatic carbocycles. The van der Waals surface area contributed by atoms with E-state index in [2.05, 4.69) is 6.92 Å². The molecule has 29 heavy (non-hydrogen) atoms. The van der Waals surface area contributed by atoms with Crippen molar-refractivity contribution in [3.8, 4) is 5.75 Å². The van der Waals surface area contributed by atoms with Crippen LogP contribution in [0.5, 0.6) is 5.75 Å². The Morgan fingerprint density at radius 2 is 1.72 bits per heavy atom. The van der Waals surface area contributed by atoms with Crippen LogP contribution in [0.4, 0.5) is 0 Å². The minimum Gasteiger partial charge on any atom is -0.494 e. The van der Waals surface area contributed by atoms with Crippen LogP contribution in [0.3, 0.4) is 0 Å². The van der Waals surface area contributed by atoms with Gasteiger partial charge >= 0.3 is 5.97 Å². The topological polar surface area (TPSA) is 83.9 Å². The number of carbonyl (C=O) groups is 3. The Hall–Kier alpha value is -3.41. The highest BCUT2D eigenvalue weighted by atomic mass is 16.5. The minimum atomic E-state index is -1.06. The summed E-state index contributed by atoms with van der Waals surface area (Å²) in [7, 11) is 0. The summed E-state index contributed by atoms with van der Waals surface area (Å²) in [5, 5.41) is 8.94. The fourth-order valence-corrected chi connectivity index (χ4v) is 3.11. The first-order valence-corrected chi connectivity index (χ1v) is 9.63. The summed E-state index contributed by atoms with van der Waals surface area (Å²) in [6.07, 6.45) is 3.47. The van der Waals surface area contributed by atoms with Crippen molar-refractivity contribution in [1.82, 2.24) is 4.90 Å². The Morgan fingerprint density at radius 3 is 2.38 bits per heavy atom. The summed E-state index contributed by atoms with van der Waals surface area (Å²) in [5.74, 6) is -1.26. The average Bonchev–Trinajstić information content (AvgIpc) is 2.72. The van der Waals surface area contributed by atoms with Crippen LogP contribution in [-0.4, -0.2) is 40.9 Å². The molecule has 3 rings (SSSR count). The second-order valence-electron chi connectivity index (χ2n) is 6.78. The molecular formula is C23H23NO5. The van der Waals surface area contributed by atoms with Crippen molar-refractivity contribution in [2.75, 3.05) is 13.2 Å². The number of imide groups is 1. The zero-order valence-electron chi connectivity index (χ0n) is 16.3. The van der Waals surface area contributed by atoms with Crippen molar-refractivity contribution in [3.05, 3.63) is 65.2 Å². The van der Waals surface area contributed by atoms with E-state index in [0.717, 1.165) is 29.1 Å². The molecule has 0 unspecified atom stereocenters. The molecule has 0 radical (unpaired) electrons. The number of aliphatic carboxylic acids is 1. The molecule has 0 aromatic heterocycles. The second kappa shape index (κ2) is 9.19. The van der Waals surface area contributed by atoms with Gasteiger partial charge in [0.1, 0.15) is 5.75 Å². The van der Waals surface area contributed by atoms with E-state index in [-0.39, 0.29) is 13.0 Å². The molecular weight excluding hydrogens is 370 g/mol. The van der Waals surface area contributed by atoms with Gasteiger partial charge < -0.3 is 9.84 Å². The van der Waals surface area contributed by atoms with E-state index in [1.165, 1.54) is 0 Å². The lowest BCUT2D eigenvalue weighted by Gasteiger charge is -2.28. The maximum Gasteiger partial charge on any atom is 0.305 e. The van der Waals surface area contributed by atoms with Crippen molar-refractivity contribution in [2.24, 2.45) is 0 Å². The molecule has 1 N–H and O–H groups in total. The van der Waals surface area contributed by atoms with E-state index in [0.29, 0.717) is 23.3 Å². The van der Waals surface area contributed by atoms with Crippen LogP contribution in [0.15, 0.2) is 48.5 Å². The number of ether oxygens (including phenoxy) is 1. The van der Waals surface area contributed by atoms with E-state index < -0.39 is 17.8 Å². The lowest BCUT2D eigenvalue weighted by atomic mass is 9.92. The van der Waals surface area contributed by atoms with Gasteiger partial charge in [-0.1, -0.05) is 43.7 Å². The van der Waals surface area contributed by atoms with Crippen molar-refractivity contribution >= 4 is 29.4 Å². The van der Waals surface area contributed by atoms with Crippen LogP contribution in [0, 0.1) is 0 Å². The molecule has 1 aliphatic rings. The molecule has 0 saturated heterocycles. The smallest absolute Gasteiger partial charge is 0.305 e. The normalized spacial score (nSPS) is 14.8. The molecule has 0 bridgehead atoms. The Morgan fingerprint density at radius 1 is 1.03 bits per heavy atom. The lowest BCUT2D eigenvalue weighted by molar-refractivity contribution is -0.137. The van der Waals surface area contributed by atoms with Crippen molar-refractivity contribution in [3.63, 3.8) is 0 Å². The van der Waals surface area contributed by atoms with E-state index in [1.54, 1.807) is 30.3 Å². The quantitative estimate of drug-likeness (QED) is 0.418. The van der Waals surface area contributed by atoms with Gasteiger partial charge in [0.25, 0.3) is 11.8 Å². The molecule has 1 aliphatic heterocycles. The number of carboxylic acid groups (broad SMARTS) is 1. The van der Waals surface area contributed by atoms with Gasteiger partial charge in [-0.3, -0.25) is 19.3 Å². The van der Waals surface area contributed by atoms with E-state index >= 15 is 0 Å². The number of benzene rings is 2. The van der Waals surface area contributed by atoms with E-state index in [4.69, 9.17) is 9.84 Å². The molecule has 0 atom stereocenters. The molecule has 2 amide bonds. The summed E-state index contributed by atoms with van der Waals surface area (Å²) < 4.78 is 5.66. The predicted molar refractivity (Wildman–Crippen MR) is 109 cm³/mol. The minimum absolute atomic E-state index is 0.164. The maximum absolute atomic E-state index is 13.0. The third-order valence-electron chi connectivity index (χ3n) is 4.68. The van der Waals surface area contributed by atoms with Crippen LogP contribution in [-0.2, 0) is 9.59 Å². The number of hydrogen-bond donors (Lipinski definition) is 1.